The van der Waals surface area contributed by atoms with Crippen LogP contribution in [0.5, 0.6) is 5.75 Å². The lowest BCUT2D eigenvalue weighted by atomic mass is 9.96. The van der Waals surface area contributed by atoms with Crippen molar-refractivity contribution in [3.8, 4) is 16.9 Å². The van der Waals surface area contributed by atoms with Crippen molar-refractivity contribution in [3.63, 3.8) is 0 Å². The summed E-state index contributed by atoms with van der Waals surface area (Å²) in [6.45, 7) is 5.03. The van der Waals surface area contributed by atoms with Crippen LogP contribution in [0.3, 0.4) is 0 Å². The Labute approximate surface area is 304 Å². The van der Waals surface area contributed by atoms with Gasteiger partial charge in [0.25, 0.3) is 5.91 Å². The second-order valence-corrected chi connectivity index (χ2v) is 14.4. The van der Waals surface area contributed by atoms with Gasteiger partial charge in [-0.1, -0.05) is 35.9 Å². The average molecular weight is 724 g/mol. The Bertz CT molecular complexity index is 1630. The molecule has 51 heavy (non-hydrogen) atoms. The van der Waals surface area contributed by atoms with Crippen LogP contribution in [0, 0.1) is 6.92 Å². The summed E-state index contributed by atoms with van der Waals surface area (Å²) < 4.78 is 18.1. The van der Waals surface area contributed by atoms with Gasteiger partial charge in [-0.2, -0.15) is 0 Å². The van der Waals surface area contributed by atoms with E-state index in [4.69, 9.17) is 25.8 Å². The van der Waals surface area contributed by atoms with Crippen molar-refractivity contribution in [1.82, 2.24) is 15.2 Å². The van der Waals surface area contributed by atoms with Crippen molar-refractivity contribution in [3.05, 3.63) is 82.1 Å². The number of para-hydroxylation sites is 1. The summed E-state index contributed by atoms with van der Waals surface area (Å²) in [6.07, 6.45) is 3.45. The number of ether oxygens (including phenoxy) is 3. The maximum atomic E-state index is 12.5. The van der Waals surface area contributed by atoms with Gasteiger partial charge >= 0.3 is 0 Å². The van der Waals surface area contributed by atoms with Crippen LogP contribution >= 0.6 is 11.6 Å². The molecule has 1 saturated heterocycles. The van der Waals surface area contributed by atoms with Crippen LogP contribution < -0.4 is 10.1 Å². The van der Waals surface area contributed by atoms with Crippen LogP contribution in [-0.2, 0) is 32.9 Å². The zero-order valence-electron chi connectivity index (χ0n) is 29.2. The second-order valence-electron chi connectivity index (χ2n) is 14.0. The summed E-state index contributed by atoms with van der Waals surface area (Å²) in [5, 5.41) is 44.6. The number of morpholine rings is 1. The number of carbonyl (C=O) groups is 1. The predicted molar refractivity (Wildman–Crippen MR) is 192 cm³/mol. The zero-order valence-corrected chi connectivity index (χ0v) is 29.9. The number of aliphatic hydroxyl groups excluding tert-OH is 4. The number of benzene rings is 2. The second kappa shape index (κ2) is 17.1. The van der Waals surface area contributed by atoms with E-state index in [-0.39, 0.29) is 13.1 Å². The van der Waals surface area contributed by atoms with E-state index in [1.54, 1.807) is 0 Å². The van der Waals surface area contributed by atoms with E-state index in [9.17, 15) is 25.2 Å². The molecule has 2 heterocycles. The van der Waals surface area contributed by atoms with Crippen LogP contribution in [0.2, 0.25) is 5.02 Å². The summed E-state index contributed by atoms with van der Waals surface area (Å²) in [6, 6.07) is 14.3. The molecule has 5 N–H and O–H groups in total. The third-order valence-corrected chi connectivity index (χ3v) is 10.4. The average Bonchev–Trinajstić information content (AvgIpc) is 4.09. The quantitative estimate of drug-likeness (QED) is 0.123. The number of hydrogen-bond acceptors (Lipinski definition) is 10. The third-order valence-electron chi connectivity index (χ3n) is 10.1. The van der Waals surface area contributed by atoms with Crippen LogP contribution in [0.15, 0.2) is 54.9 Å². The number of aromatic nitrogens is 1. The summed E-state index contributed by atoms with van der Waals surface area (Å²) in [5.74, 6) is 0.0916. The van der Waals surface area contributed by atoms with Gasteiger partial charge in [0, 0.05) is 54.7 Å². The predicted octanol–water partition coefficient (Wildman–Crippen LogP) is 3.67. The molecule has 1 amide bonds. The lowest BCUT2D eigenvalue weighted by molar-refractivity contribution is -0.148. The molecule has 1 aliphatic heterocycles. The topological polar surface area (TPSA) is 154 Å². The molecule has 3 fully saturated rings. The molecule has 4 atom stereocenters. The highest BCUT2D eigenvalue weighted by Crippen LogP contribution is 2.53. The molecule has 0 spiro atoms. The molecular formula is C39H50ClN3O8. The van der Waals surface area contributed by atoms with E-state index in [2.05, 4.69) is 29.4 Å². The van der Waals surface area contributed by atoms with E-state index in [0.29, 0.717) is 50.5 Å². The number of aliphatic hydroxyl groups is 4. The first-order valence-corrected chi connectivity index (χ1v) is 18.5. The van der Waals surface area contributed by atoms with Gasteiger partial charge < -0.3 is 40.0 Å². The lowest BCUT2D eigenvalue weighted by Crippen LogP contribution is -2.54. The molecular weight excluding hydrogens is 674 g/mol. The van der Waals surface area contributed by atoms with Gasteiger partial charge in [0.15, 0.2) is 6.10 Å². The summed E-state index contributed by atoms with van der Waals surface area (Å²) in [5.41, 5.74) is 5.89. The molecule has 2 aromatic carbocycles. The Morgan fingerprint density at radius 3 is 2.55 bits per heavy atom. The van der Waals surface area contributed by atoms with Gasteiger partial charge in [0.05, 0.1) is 37.6 Å². The van der Waals surface area contributed by atoms with Crippen molar-refractivity contribution < 1.29 is 39.4 Å². The lowest BCUT2D eigenvalue weighted by Gasteiger charge is -2.32. The highest BCUT2D eigenvalue weighted by Gasteiger charge is 2.48. The van der Waals surface area contributed by atoms with Crippen LogP contribution in [0.4, 0.5) is 0 Å². The Hall–Kier alpha value is -3.13. The standard InChI is InChI=1S/C39H50ClN3O8/c1-25-20-27(24-50-39(12-13-39)31-22-41-15-11-29(31)30-7-2-3-8-34(30)51-28-9-10-28)32(40)21-26(25)6-4-5-14-42-38(48)37(47)36(46)35(45)33(44)23-43-16-18-49-19-17-43/h2-3,7-8,11,15,20-22,28,33,35-37,44-47H,4-6,9-10,12-14,16-19,23-24H2,1H3,(H,42,48)/t33-,35+,36-,37-/m1/s1. The highest BCUT2D eigenvalue weighted by atomic mass is 35.5. The molecule has 0 bridgehead atoms. The fourth-order valence-corrected chi connectivity index (χ4v) is 6.86. The molecule has 2 saturated carbocycles. The van der Waals surface area contributed by atoms with Gasteiger partial charge in [-0.3, -0.25) is 14.7 Å². The number of β-amino-alcohol motifs (C(OH)–C–C–N with tert-alkyl or cyclic N) is 1. The molecule has 0 unspecified atom stereocenters. The monoisotopic (exact) mass is 723 g/mol. The number of carbonyl (C=O) groups excluding carboxylic acids is 1. The van der Waals surface area contributed by atoms with Crippen molar-refractivity contribution in [2.24, 2.45) is 0 Å². The number of rotatable bonds is 18. The van der Waals surface area contributed by atoms with Crippen molar-refractivity contribution in [2.45, 2.75) is 94.6 Å². The molecule has 2 aliphatic carbocycles. The van der Waals surface area contributed by atoms with Crippen molar-refractivity contribution in [1.29, 1.82) is 0 Å². The molecule has 3 aromatic rings. The molecule has 276 valence electrons. The number of amides is 1. The maximum absolute atomic E-state index is 12.5. The van der Waals surface area contributed by atoms with Crippen LogP contribution in [0.1, 0.15) is 60.8 Å². The van der Waals surface area contributed by atoms with Gasteiger partial charge in [-0.15, -0.1) is 0 Å². The zero-order chi connectivity index (χ0) is 36.0. The summed E-state index contributed by atoms with van der Waals surface area (Å²) in [4.78, 5) is 18.8. The largest absolute Gasteiger partial charge is 0.490 e. The molecule has 12 heteroatoms. The van der Waals surface area contributed by atoms with Gasteiger partial charge in [0.1, 0.15) is 18.0 Å². The van der Waals surface area contributed by atoms with Crippen LogP contribution in [-0.4, -0.2) is 106 Å². The fourth-order valence-electron chi connectivity index (χ4n) is 6.62. The Morgan fingerprint density at radius 1 is 1.04 bits per heavy atom. The number of pyridine rings is 1. The first kappa shape index (κ1) is 37.6. The molecule has 6 rings (SSSR count). The minimum Gasteiger partial charge on any atom is -0.490 e. The SMILES string of the molecule is Cc1cc(COC2(c3cnccc3-c3ccccc3OC3CC3)CC2)c(Cl)cc1CCCCNC(=O)[C@H](O)[C@H](O)[C@@H](O)[C@H](O)CN1CCOCC1. The maximum Gasteiger partial charge on any atom is 0.251 e. The minimum atomic E-state index is -1.87. The number of nitrogens with zero attached hydrogens (tertiary/aromatic N) is 2. The molecule has 3 aliphatic rings. The van der Waals surface area contributed by atoms with Crippen molar-refractivity contribution in [2.75, 3.05) is 39.4 Å². The number of unbranched alkanes of at least 4 members (excludes halogenated alkanes) is 1. The Balaban J connectivity index is 0.968. The van der Waals surface area contributed by atoms with Gasteiger partial charge in [-0.05, 0) is 92.3 Å². The first-order valence-electron chi connectivity index (χ1n) is 18.1. The van der Waals surface area contributed by atoms with Crippen LogP contribution in [0.25, 0.3) is 11.1 Å². The molecule has 1 aromatic heterocycles. The van der Waals surface area contributed by atoms with E-state index in [1.807, 2.05) is 47.6 Å². The first-order chi connectivity index (χ1) is 24.6. The van der Waals surface area contributed by atoms with Gasteiger partial charge in [0.2, 0.25) is 0 Å². The van der Waals surface area contributed by atoms with E-state index in [1.165, 1.54) is 0 Å². The van der Waals surface area contributed by atoms with Crippen molar-refractivity contribution >= 4 is 17.5 Å². The minimum absolute atomic E-state index is 0.103. The van der Waals surface area contributed by atoms with Gasteiger partial charge in [-0.25, -0.2) is 0 Å². The van der Waals surface area contributed by atoms with E-state index < -0.39 is 35.9 Å². The third kappa shape index (κ3) is 9.65. The number of aryl methyl sites for hydroxylation is 2. The molecule has 0 radical (unpaired) electrons. The normalized spacial score (nSPS) is 19.6. The fraction of sp³-hybridized carbons (Fsp3) is 0.538. The Kier molecular flexibility index (Phi) is 12.6. The molecule has 11 nitrogen and oxygen atoms in total. The number of halogens is 1. The van der Waals surface area contributed by atoms with E-state index >= 15 is 0 Å². The number of hydrogen-bond donors (Lipinski definition) is 5. The summed E-state index contributed by atoms with van der Waals surface area (Å²) in [7, 11) is 0. The Morgan fingerprint density at radius 2 is 1.80 bits per heavy atom. The summed E-state index contributed by atoms with van der Waals surface area (Å²) >= 11 is 6.78. The highest BCUT2D eigenvalue weighted by molar-refractivity contribution is 6.31. The smallest absolute Gasteiger partial charge is 0.251 e. The van der Waals surface area contributed by atoms with E-state index in [0.717, 1.165) is 77.7 Å². The number of nitrogens with one attached hydrogen (secondary N) is 1.